The number of carbonyl (C=O) groups is 1. The summed E-state index contributed by atoms with van der Waals surface area (Å²) in [5.41, 5.74) is 2.07. The minimum Gasteiger partial charge on any atom is -0.438 e. The van der Waals surface area contributed by atoms with Crippen molar-refractivity contribution in [2.75, 3.05) is 0 Å². The molecule has 0 aliphatic heterocycles. The van der Waals surface area contributed by atoms with Crippen LogP contribution in [0.5, 0.6) is 11.6 Å². The molecule has 0 aliphatic carbocycles. The van der Waals surface area contributed by atoms with Crippen LogP contribution in [0.15, 0.2) is 18.2 Å². The zero-order valence-corrected chi connectivity index (χ0v) is 11.2. The first-order valence-electron chi connectivity index (χ1n) is 5.45. The lowest BCUT2D eigenvalue weighted by atomic mass is 10.2. The molecule has 0 saturated carbocycles. The van der Waals surface area contributed by atoms with Crippen molar-refractivity contribution in [1.29, 1.82) is 0 Å². The SMILES string of the molecule is Cc1ccc(Oc2c(C=O)c(C)nn2C)cc1Cl. The Labute approximate surface area is 110 Å². The molecule has 2 rings (SSSR count). The highest BCUT2D eigenvalue weighted by Gasteiger charge is 2.14. The fraction of sp³-hybridized carbons (Fsp3) is 0.231. The summed E-state index contributed by atoms with van der Waals surface area (Å²) in [6, 6.07) is 5.38. The van der Waals surface area contributed by atoms with Gasteiger partial charge in [-0.2, -0.15) is 5.10 Å². The molecular formula is C13H13ClN2O2. The van der Waals surface area contributed by atoms with Gasteiger partial charge in [-0.15, -0.1) is 0 Å². The van der Waals surface area contributed by atoms with Gasteiger partial charge < -0.3 is 4.74 Å². The van der Waals surface area contributed by atoms with Crippen LogP contribution in [0.2, 0.25) is 5.02 Å². The molecule has 0 aliphatic rings. The predicted octanol–water partition coefficient (Wildman–Crippen LogP) is 3.30. The van der Waals surface area contributed by atoms with E-state index in [0.29, 0.717) is 27.9 Å². The molecule has 0 radical (unpaired) electrons. The van der Waals surface area contributed by atoms with Gasteiger partial charge in [0.1, 0.15) is 5.75 Å². The van der Waals surface area contributed by atoms with Gasteiger partial charge >= 0.3 is 0 Å². The maximum absolute atomic E-state index is 11.0. The second kappa shape index (κ2) is 4.82. The van der Waals surface area contributed by atoms with Crippen molar-refractivity contribution in [1.82, 2.24) is 9.78 Å². The molecule has 0 N–H and O–H groups in total. The zero-order chi connectivity index (χ0) is 13.3. The van der Waals surface area contributed by atoms with Crippen molar-refractivity contribution in [3.63, 3.8) is 0 Å². The number of halogens is 1. The Bertz CT molecular complexity index is 605. The molecule has 2 aromatic rings. The van der Waals surface area contributed by atoms with Gasteiger partial charge in [0.2, 0.25) is 5.88 Å². The molecular weight excluding hydrogens is 252 g/mol. The van der Waals surface area contributed by atoms with E-state index in [1.165, 1.54) is 4.68 Å². The molecule has 4 nitrogen and oxygen atoms in total. The maximum Gasteiger partial charge on any atom is 0.228 e. The summed E-state index contributed by atoms with van der Waals surface area (Å²) < 4.78 is 7.21. The number of benzene rings is 1. The van der Waals surface area contributed by atoms with Gasteiger partial charge in [-0.1, -0.05) is 17.7 Å². The number of carbonyl (C=O) groups excluding carboxylic acids is 1. The van der Waals surface area contributed by atoms with Crippen LogP contribution < -0.4 is 4.74 Å². The normalized spacial score (nSPS) is 10.4. The molecule has 18 heavy (non-hydrogen) atoms. The van der Waals surface area contributed by atoms with Crippen LogP contribution in [0.4, 0.5) is 0 Å². The number of aryl methyl sites for hydroxylation is 3. The highest BCUT2D eigenvalue weighted by atomic mass is 35.5. The van der Waals surface area contributed by atoms with Crippen LogP contribution in [-0.2, 0) is 7.05 Å². The Balaban J connectivity index is 2.39. The number of ether oxygens (including phenoxy) is 1. The second-order valence-corrected chi connectivity index (χ2v) is 4.47. The van der Waals surface area contributed by atoms with Gasteiger partial charge in [0.15, 0.2) is 6.29 Å². The highest BCUT2D eigenvalue weighted by Crippen LogP contribution is 2.28. The number of rotatable bonds is 3. The molecule has 1 aromatic carbocycles. The second-order valence-electron chi connectivity index (χ2n) is 4.06. The molecule has 0 saturated heterocycles. The van der Waals surface area contributed by atoms with Gasteiger partial charge in [0.05, 0.1) is 11.3 Å². The monoisotopic (exact) mass is 264 g/mol. The molecule has 0 spiro atoms. The molecule has 5 heteroatoms. The van der Waals surface area contributed by atoms with E-state index in [-0.39, 0.29) is 0 Å². The predicted molar refractivity (Wildman–Crippen MR) is 69.6 cm³/mol. The third kappa shape index (κ3) is 2.24. The van der Waals surface area contributed by atoms with Crippen molar-refractivity contribution in [3.8, 4) is 11.6 Å². The van der Waals surface area contributed by atoms with Crippen LogP contribution >= 0.6 is 11.6 Å². The summed E-state index contributed by atoms with van der Waals surface area (Å²) in [7, 11) is 1.73. The lowest BCUT2D eigenvalue weighted by molar-refractivity contribution is 0.112. The number of hydrogen-bond donors (Lipinski definition) is 0. The van der Waals surface area contributed by atoms with Crippen molar-refractivity contribution in [2.24, 2.45) is 7.05 Å². The van der Waals surface area contributed by atoms with E-state index in [1.54, 1.807) is 26.1 Å². The van der Waals surface area contributed by atoms with Gasteiger partial charge in [-0.05, 0) is 31.5 Å². The first kappa shape index (κ1) is 12.6. The lowest BCUT2D eigenvalue weighted by Crippen LogP contribution is -1.96. The van der Waals surface area contributed by atoms with E-state index < -0.39 is 0 Å². The van der Waals surface area contributed by atoms with Crippen LogP contribution in [-0.4, -0.2) is 16.1 Å². The van der Waals surface area contributed by atoms with Crippen LogP contribution in [0.1, 0.15) is 21.6 Å². The van der Waals surface area contributed by atoms with E-state index in [1.807, 2.05) is 13.0 Å². The van der Waals surface area contributed by atoms with Crippen LogP contribution in [0.25, 0.3) is 0 Å². The summed E-state index contributed by atoms with van der Waals surface area (Å²) >= 11 is 6.03. The molecule has 1 heterocycles. The Morgan fingerprint density at radius 3 is 2.72 bits per heavy atom. The fourth-order valence-electron chi connectivity index (χ4n) is 1.66. The number of aromatic nitrogens is 2. The number of hydrogen-bond acceptors (Lipinski definition) is 3. The minimum atomic E-state index is 0.419. The Morgan fingerprint density at radius 2 is 2.11 bits per heavy atom. The van der Waals surface area contributed by atoms with Crippen molar-refractivity contribution in [3.05, 3.63) is 40.0 Å². The Hall–Kier alpha value is -1.81. The molecule has 0 amide bonds. The van der Waals surface area contributed by atoms with E-state index in [2.05, 4.69) is 5.10 Å². The molecule has 0 unspecified atom stereocenters. The summed E-state index contributed by atoms with van der Waals surface area (Å²) in [4.78, 5) is 11.0. The Kier molecular flexibility index (Phi) is 3.39. The van der Waals surface area contributed by atoms with Gasteiger partial charge in [0.25, 0.3) is 0 Å². The third-order valence-electron chi connectivity index (χ3n) is 2.69. The maximum atomic E-state index is 11.0. The Morgan fingerprint density at radius 1 is 1.39 bits per heavy atom. The standard InChI is InChI=1S/C13H13ClN2O2/c1-8-4-5-10(6-12(8)14)18-13-11(7-17)9(2)15-16(13)3/h4-7H,1-3H3. The quantitative estimate of drug-likeness (QED) is 0.799. The topological polar surface area (TPSA) is 44.1 Å². The van der Waals surface area contributed by atoms with E-state index in [0.717, 1.165) is 11.8 Å². The highest BCUT2D eigenvalue weighted by molar-refractivity contribution is 6.31. The van der Waals surface area contributed by atoms with Crippen molar-refractivity contribution in [2.45, 2.75) is 13.8 Å². The fourth-order valence-corrected chi connectivity index (χ4v) is 1.83. The zero-order valence-electron chi connectivity index (χ0n) is 10.4. The van der Waals surface area contributed by atoms with Crippen LogP contribution in [0.3, 0.4) is 0 Å². The molecule has 0 atom stereocenters. The summed E-state index contributed by atoms with van der Waals surface area (Å²) in [6.07, 6.45) is 0.744. The van der Waals surface area contributed by atoms with E-state index in [4.69, 9.17) is 16.3 Å². The number of nitrogens with zero attached hydrogens (tertiary/aromatic N) is 2. The molecule has 94 valence electrons. The summed E-state index contributed by atoms with van der Waals surface area (Å²) in [6.45, 7) is 3.68. The smallest absolute Gasteiger partial charge is 0.228 e. The van der Waals surface area contributed by atoms with Gasteiger partial charge in [0, 0.05) is 12.1 Å². The molecule has 1 aromatic heterocycles. The lowest BCUT2D eigenvalue weighted by Gasteiger charge is -2.07. The van der Waals surface area contributed by atoms with Crippen LogP contribution in [0, 0.1) is 13.8 Å². The summed E-state index contributed by atoms with van der Waals surface area (Å²) in [5, 5.41) is 4.77. The average Bonchev–Trinajstić information content (AvgIpc) is 2.58. The molecule has 0 bridgehead atoms. The van der Waals surface area contributed by atoms with Crippen molar-refractivity contribution >= 4 is 17.9 Å². The average molecular weight is 265 g/mol. The van der Waals surface area contributed by atoms with Crippen molar-refractivity contribution < 1.29 is 9.53 Å². The summed E-state index contributed by atoms with van der Waals surface area (Å²) in [5.74, 6) is 0.999. The van der Waals surface area contributed by atoms with Gasteiger partial charge in [-0.3, -0.25) is 4.79 Å². The van der Waals surface area contributed by atoms with Gasteiger partial charge in [-0.25, -0.2) is 4.68 Å². The van der Waals surface area contributed by atoms with E-state index in [9.17, 15) is 4.79 Å². The van der Waals surface area contributed by atoms with E-state index >= 15 is 0 Å². The molecule has 0 fully saturated rings. The minimum absolute atomic E-state index is 0.419. The largest absolute Gasteiger partial charge is 0.438 e. The first-order chi connectivity index (χ1) is 8.52. The number of aldehydes is 1. The third-order valence-corrected chi connectivity index (χ3v) is 3.10. The first-order valence-corrected chi connectivity index (χ1v) is 5.83.